The molecule has 2 rings (SSSR count). The first kappa shape index (κ1) is 17.4. The van der Waals surface area contributed by atoms with Gasteiger partial charge in [-0.1, -0.05) is 40.2 Å². The van der Waals surface area contributed by atoms with Gasteiger partial charge in [0.05, 0.1) is 17.9 Å². The summed E-state index contributed by atoms with van der Waals surface area (Å²) < 4.78 is 19.8. The number of halogens is 2. The standard InChI is InChI=1S/C17H18BrFN2O2/c1-2-23-10-12-5-3-11(4-6-12)9-21-15-8-13(18)7-14(19)16(15)17(20)22/h3-8,21H,2,9-10H2,1H3,(H2,20,22). The molecular weight excluding hydrogens is 363 g/mol. The van der Waals surface area contributed by atoms with Crippen LogP contribution in [-0.4, -0.2) is 12.5 Å². The zero-order valence-electron chi connectivity index (χ0n) is 12.7. The predicted molar refractivity (Wildman–Crippen MR) is 91.7 cm³/mol. The Balaban J connectivity index is 2.10. The van der Waals surface area contributed by atoms with Crippen LogP contribution in [0.1, 0.15) is 28.4 Å². The van der Waals surface area contributed by atoms with Crippen LogP contribution in [0, 0.1) is 5.82 Å². The van der Waals surface area contributed by atoms with E-state index in [1.54, 1.807) is 6.07 Å². The molecule has 6 heteroatoms. The van der Waals surface area contributed by atoms with Crippen molar-refractivity contribution in [3.8, 4) is 0 Å². The van der Waals surface area contributed by atoms with Crippen LogP contribution in [0.5, 0.6) is 0 Å². The maximum atomic E-state index is 13.9. The average molecular weight is 381 g/mol. The Labute approximate surface area is 143 Å². The van der Waals surface area contributed by atoms with Gasteiger partial charge in [-0.2, -0.15) is 0 Å². The lowest BCUT2D eigenvalue weighted by Gasteiger charge is -2.12. The predicted octanol–water partition coefficient (Wildman–Crippen LogP) is 3.84. The number of carbonyl (C=O) groups is 1. The third kappa shape index (κ3) is 4.77. The second-order valence-electron chi connectivity index (χ2n) is 4.98. The first-order valence-electron chi connectivity index (χ1n) is 7.19. The average Bonchev–Trinajstić information content (AvgIpc) is 2.50. The molecule has 0 saturated heterocycles. The van der Waals surface area contributed by atoms with E-state index in [0.717, 1.165) is 11.1 Å². The molecule has 4 nitrogen and oxygen atoms in total. The molecule has 0 aliphatic carbocycles. The van der Waals surface area contributed by atoms with Gasteiger partial charge in [-0.15, -0.1) is 0 Å². The number of nitrogens with two attached hydrogens (primary N) is 1. The molecule has 0 atom stereocenters. The summed E-state index contributed by atoms with van der Waals surface area (Å²) in [6, 6.07) is 10.7. The minimum atomic E-state index is -0.801. The molecule has 2 aromatic rings. The second kappa shape index (κ2) is 8.08. The van der Waals surface area contributed by atoms with Crippen LogP contribution in [-0.2, 0) is 17.9 Å². The second-order valence-corrected chi connectivity index (χ2v) is 5.90. The molecule has 0 unspecified atom stereocenters. The van der Waals surface area contributed by atoms with Gasteiger partial charge in [-0.3, -0.25) is 4.79 Å². The topological polar surface area (TPSA) is 64.3 Å². The van der Waals surface area contributed by atoms with Crippen molar-refractivity contribution in [1.82, 2.24) is 0 Å². The summed E-state index contributed by atoms with van der Waals surface area (Å²) in [6.45, 7) is 3.65. The molecule has 1 amide bonds. The fourth-order valence-electron chi connectivity index (χ4n) is 2.13. The highest BCUT2D eigenvalue weighted by atomic mass is 79.9. The maximum Gasteiger partial charge on any atom is 0.253 e. The first-order chi connectivity index (χ1) is 11.0. The Morgan fingerprint density at radius 1 is 1.26 bits per heavy atom. The maximum absolute atomic E-state index is 13.9. The van der Waals surface area contributed by atoms with Crippen LogP contribution >= 0.6 is 15.9 Å². The SMILES string of the molecule is CCOCc1ccc(CNc2cc(Br)cc(F)c2C(N)=O)cc1. The zero-order chi connectivity index (χ0) is 16.8. The molecule has 0 aliphatic heterocycles. The summed E-state index contributed by atoms with van der Waals surface area (Å²) in [5, 5.41) is 3.05. The van der Waals surface area contributed by atoms with Crippen LogP contribution in [0.2, 0.25) is 0 Å². The summed E-state index contributed by atoms with van der Waals surface area (Å²) in [5.41, 5.74) is 7.56. The number of hydrogen-bond acceptors (Lipinski definition) is 3. The molecule has 0 radical (unpaired) electrons. The van der Waals surface area contributed by atoms with E-state index in [9.17, 15) is 9.18 Å². The normalized spacial score (nSPS) is 10.6. The van der Waals surface area contributed by atoms with E-state index in [2.05, 4.69) is 21.2 Å². The highest BCUT2D eigenvalue weighted by Crippen LogP contribution is 2.25. The smallest absolute Gasteiger partial charge is 0.253 e. The minimum Gasteiger partial charge on any atom is -0.380 e. The van der Waals surface area contributed by atoms with Gasteiger partial charge in [0.2, 0.25) is 0 Å². The van der Waals surface area contributed by atoms with E-state index in [-0.39, 0.29) is 5.56 Å². The zero-order valence-corrected chi connectivity index (χ0v) is 14.3. The van der Waals surface area contributed by atoms with E-state index in [1.807, 2.05) is 31.2 Å². The quantitative estimate of drug-likeness (QED) is 0.766. The van der Waals surface area contributed by atoms with Crippen molar-refractivity contribution >= 4 is 27.5 Å². The van der Waals surface area contributed by atoms with Gasteiger partial charge >= 0.3 is 0 Å². The molecule has 122 valence electrons. The lowest BCUT2D eigenvalue weighted by atomic mass is 10.1. The van der Waals surface area contributed by atoms with E-state index in [4.69, 9.17) is 10.5 Å². The molecule has 0 heterocycles. The van der Waals surface area contributed by atoms with Crippen molar-refractivity contribution in [3.63, 3.8) is 0 Å². The molecule has 0 spiro atoms. The van der Waals surface area contributed by atoms with E-state index in [0.29, 0.717) is 29.9 Å². The number of benzene rings is 2. The fraction of sp³-hybridized carbons (Fsp3) is 0.235. The van der Waals surface area contributed by atoms with Crippen LogP contribution in [0.3, 0.4) is 0 Å². The highest BCUT2D eigenvalue weighted by molar-refractivity contribution is 9.10. The van der Waals surface area contributed by atoms with Crippen LogP contribution in [0.25, 0.3) is 0 Å². The minimum absolute atomic E-state index is 0.138. The summed E-state index contributed by atoms with van der Waals surface area (Å²) >= 11 is 3.21. The molecule has 0 fully saturated rings. The number of amides is 1. The Bertz CT molecular complexity index is 690. The van der Waals surface area contributed by atoms with Gasteiger partial charge in [-0.05, 0) is 30.2 Å². The molecule has 0 saturated carbocycles. The number of nitrogens with one attached hydrogen (secondary N) is 1. The Kier molecular flexibility index (Phi) is 6.12. The molecule has 0 bridgehead atoms. The summed E-state index contributed by atoms with van der Waals surface area (Å²) in [6.07, 6.45) is 0. The molecule has 3 N–H and O–H groups in total. The number of primary amides is 1. The number of rotatable bonds is 7. The van der Waals surface area contributed by atoms with Crippen molar-refractivity contribution in [2.45, 2.75) is 20.1 Å². The molecule has 0 aromatic heterocycles. The van der Waals surface area contributed by atoms with Crippen LogP contribution < -0.4 is 11.1 Å². The Hall–Kier alpha value is -1.92. The van der Waals surface area contributed by atoms with Crippen molar-refractivity contribution in [1.29, 1.82) is 0 Å². The summed E-state index contributed by atoms with van der Waals surface area (Å²) in [5.74, 6) is -1.45. The van der Waals surface area contributed by atoms with Crippen LogP contribution in [0.15, 0.2) is 40.9 Å². The largest absolute Gasteiger partial charge is 0.380 e. The van der Waals surface area contributed by atoms with Crippen molar-refractivity contribution in [2.75, 3.05) is 11.9 Å². The monoisotopic (exact) mass is 380 g/mol. The Morgan fingerprint density at radius 3 is 2.52 bits per heavy atom. The third-order valence-electron chi connectivity index (χ3n) is 3.28. The van der Waals surface area contributed by atoms with E-state index in [1.165, 1.54) is 6.07 Å². The summed E-state index contributed by atoms with van der Waals surface area (Å²) in [4.78, 5) is 11.4. The molecule has 23 heavy (non-hydrogen) atoms. The third-order valence-corrected chi connectivity index (χ3v) is 3.74. The lowest BCUT2D eigenvalue weighted by Crippen LogP contribution is -2.16. The lowest BCUT2D eigenvalue weighted by molar-refractivity contribution is 0.0997. The van der Waals surface area contributed by atoms with Crippen molar-refractivity contribution in [2.24, 2.45) is 5.73 Å². The first-order valence-corrected chi connectivity index (χ1v) is 7.98. The van der Waals surface area contributed by atoms with Gasteiger partial charge < -0.3 is 15.8 Å². The van der Waals surface area contributed by atoms with Gasteiger partial charge in [-0.25, -0.2) is 4.39 Å². The number of ether oxygens (including phenoxy) is 1. The Morgan fingerprint density at radius 2 is 1.91 bits per heavy atom. The van der Waals surface area contributed by atoms with E-state index >= 15 is 0 Å². The van der Waals surface area contributed by atoms with Gasteiger partial charge in [0.1, 0.15) is 5.82 Å². The summed E-state index contributed by atoms with van der Waals surface area (Å²) in [7, 11) is 0. The van der Waals surface area contributed by atoms with Gasteiger partial charge in [0.25, 0.3) is 5.91 Å². The molecule has 0 aliphatic rings. The number of hydrogen-bond donors (Lipinski definition) is 2. The number of carbonyl (C=O) groups excluding carboxylic acids is 1. The number of anilines is 1. The van der Waals surface area contributed by atoms with Crippen LogP contribution in [0.4, 0.5) is 10.1 Å². The van der Waals surface area contributed by atoms with Gasteiger partial charge in [0.15, 0.2) is 0 Å². The van der Waals surface area contributed by atoms with Crippen molar-refractivity contribution < 1.29 is 13.9 Å². The van der Waals surface area contributed by atoms with Gasteiger partial charge in [0, 0.05) is 17.6 Å². The molecular formula is C17H18BrFN2O2. The molecule has 2 aromatic carbocycles. The fourth-order valence-corrected chi connectivity index (χ4v) is 2.56. The van der Waals surface area contributed by atoms with E-state index < -0.39 is 11.7 Å². The highest BCUT2D eigenvalue weighted by Gasteiger charge is 2.15. The van der Waals surface area contributed by atoms with Crippen molar-refractivity contribution in [3.05, 3.63) is 63.4 Å².